The van der Waals surface area contributed by atoms with Crippen molar-refractivity contribution in [1.29, 1.82) is 0 Å². The molecule has 1 N–H and O–H groups in total. The lowest BCUT2D eigenvalue weighted by Gasteiger charge is -2.31. The maximum Gasteiger partial charge on any atom is 0.255 e. The van der Waals surface area contributed by atoms with Crippen LogP contribution in [0.1, 0.15) is 48.3 Å². The number of amides is 2. The summed E-state index contributed by atoms with van der Waals surface area (Å²) in [4.78, 5) is 27.4. The molecule has 1 heterocycles. The molecule has 3 rings (SSSR count). The van der Waals surface area contributed by atoms with Gasteiger partial charge in [-0.25, -0.2) is 0 Å². The molecule has 124 valence electrons. The molecule has 4 nitrogen and oxygen atoms in total. The van der Waals surface area contributed by atoms with E-state index in [1.165, 1.54) is 0 Å². The molecule has 1 aliphatic rings. The zero-order valence-electron chi connectivity index (χ0n) is 14.2. The van der Waals surface area contributed by atoms with Crippen molar-refractivity contribution in [3.05, 3.63) is 71.3 Å². The van der Waals surface area contributed by atoms with Crippen LogP contribution in [0.2, 0.25) is 0 Å². The van der Waals surface area contributed by atoms with E-state index in [4.69, 9.17) is 0 Å². The van der Waals surface area contributed by atoms with E-state index in [1.54, 1.807) is 4.90 Å². The molecule has 1 aliphatic heterocycles. The molecule has 0 saturated heterocycles. The second-order valence-corrected chi connectivity index (χ2v) is 7.14. The summed E-state index contributed by atoms with van der Waals surface area (Å²) in [5.74, 6) is -0.252. The molecular weight excluding hydrogens is 300 g/mol. The zero-order valence-corrected chi connectivity index (χ0v) is 14.2. The van der Waals surface area contributed by atoms with Crippen LogP contribution in [-0.4, -0.2) is 22.3 Å². The van der Waals surface area contributed by atoms with Gasteiger partial charge < -0.3 is 10.2 Å². The highest BCUT2D eigenvalue weighted by molar-refractivity contribution is 6.01. The van der Waals surface area contributed by atoms with Gasteiger partial charge in [0.1, 0.15) is 6.04 Å². The molecule has 0 aromatic heterocycles. The van der Waals surface area contributed by atoms with E-state index in [0.717, 1.165) is 11.1 Å². The third-order valence-corrected chi connectivity index (χ3v) is 4.02. The minimum absolute atomic E-state index is 0.0940. The number of carbonyl (C=O) groups excluding carboxylic acids is 2. The highest BCUT2D eigenvalue weighted by Crippen LogP contribution is 2.31. The average Bonchev–Trinajstić information content (AvgIpc) is 2.84. The van der Waals surface area contributed by atoms with Crippen LogP contribution in [0.15, 0.2) is 54.6 Å². The zero-order chi connectivity index (χ0) is 17.3. The fourth-order valence-corrected chi connectivity index (χ4v) is 3.03. The topological polar surface area (TPSA) is 49.4 Å². The van der Waals surface area contributed by atoms with Gasteiger partial charge in [0.2, 0.25) is 5.91 Å². The monoisotopic (exact) mass is 322 g/mol. The van der Waals surface area contributed by atoms with E-state index in [2.05, 4.69) is 5.32 Å². The molecule has 0 aliphatic carbocycles. The average molecular weight is 322 g/mol. The lowest BCUT2D eigenvalue weighted by Crippen LogP contribution is -2.47. The largest absolute Gasteiger partial charge is 0.349 e. The molecule has 2 aromatic carbocycles. The van der Waals surface area contributed by atoms with Gasteiger partial charge in [-0.15, -0.1) is 0 Å². The Labute approximate surface area is 142 Å². The Morgan fingerprint density at radius 1 is 1.04 bits per heavy atom. The highest BCUT2D eigenvalue weighted by Gasteiger charge is 2.37. The standard InChI is InChI=1S/C20H22N2O2/c1-20(2,3)21-18(23)17(14-9-5-4-6-10-14)22-13-15-11-7-8-12-16(15)19(22)24/h4-12,17H,13H2,1-3H3,(H,21,23)/t17-/m0/s1. The van der Waals surface area contributed by atoms with Crippen molar-refractivity contribution in [3.8, 4) is 0 Å². The van der Waals surface area contributed by atoms with Crippen molar-refractivity contribution < 1.29 is 9.59 Å². The Bertz CT molecular complexity index is 763. The Hall–Kier alpha value is -2.62. The Morgan fingerprint density at radius 3 is 2.29 bits per heavy atom. The van der Waals surface area contributed by atoms with Gasteiger partial charge in [0, 0.05) is 17.6 Å². The summed E-state index contributed by atoms with van der Waals surface area (Å²) >= 11 is 0. The molecule has 2 aromatic rings. The van der Waals surface area contributed by atoms with E-state index in [9.17, 15) is 9.59 Å². The van der Waals surface area contributed by atoms with Crippen LogP contribution in [0.4, 0.5) is 0 Å². The third-order valence-electron chi connectivity index (χ3n) is 4.02. The molecular formula is C20H22N2O2. The minimum atomic E-state index is -0.634. The first-order valence-corrected chi connectivity index (χ1v) is 8.13. The maximum absolute atomic E-state index is 12.9. The molecule has 0 fully saturated rings. The number of fused-ring (bicyclic) bond motifs is 1. The number of hydrogen-bond donors (Lipinski definition) is 1. The van der Waals surface area contributed by atoms with Gasteiger partial charge in [-0.05, 0) is 38.0 Å². The van der Waals surface area contributed by atoms with E-state index in [-0.39, 0.29) is 17.4 Å². The van der Waals surface area contributed by atoms with Crippen LogP contribution < -0.4 is 5.32 Å². The summed E-state index contributed by atoms with van der Waals surface area (Å²) in [5, 5.41) is 3.01. The fraction of sp³-hybridized carbons (Fsp3) is 0.300. The summed E-state index contributed by atoms with van der Waals surface area (Å²) in [7, 11) is 0. The lowest BCUT2D eigenvalue weighted by molar-refractivity contribution is -0.127. The van der Waals surface area contributed by atoms with Gasteiger partial charge in [-0.3, -0.25) is 9.59 Å². The van der Waals surface area contributed by atoms with Crippen molar-refractivity contribution >= 4 is 11.8 Å². The van der Waals surface area contributed by atoms with Gasteiger partial charge in [0.25, 0.3) is 5.91 Å². The number of carbonyl (C=O) groups is 2. The van der Waals surface area contributed by atoms with Crippen molar-refractivity contribution in [2.45, 2.75) is 38.9 Å². The third kappa shape index (κ3) is 3.18. The fourth-order valence-electron chi connectivity index (χ4n) is 3.03. The van der Waals surface area contributed by atoms with Crippen molar-refractivity contribution in [2.75, 3.05) is 0 Å². The first-order chi connectivity index (χ1) is 11.4. The van der Waals surface area contributed by atoms with Gasteiger partial charge in [-0.2, -0.15) is 0 Å². The van der Waals surface area contributed by atoms with Crippen LogP contribution in [-0.2, 0) is 11.3 Å². The highest BCUT2D eigenvalue weighted by atomic mass is 16.2. The molecule has 0 unspecified atom stereocenters. The SMILES string of the molecule is CC(C)(C)NC(=O)[C@H](c1ccccc1)N1Cc2ccccc2C1=O. The van der Waals surface area contributed by atoms with Crippen molar-refractivity contribution in [2.24, 2.45) is 0 Å². The Balaban J connectivity index is 1.98. The molecule has 0 saturated carbocycles. The number of nitrogens with zero attached hydrogens (tertiary/aromatic N) is 1. The van der Waals surface area contributed by atoms with Gasteiger partial charge >= 0.3 is 0 Å². The number of benzene rings is 2. The number of hydrogen-bond acceptors (Lipinski definition) is 2. The predicted molar refractivity (Wildman–Crippen MR) is 93.4 cm³/mol. The number of rotatable bonds is 3. The maximum atomic E-state index is 12.9. The normalized spacial score (nSPS) is 15.1. The van der Waals surface area contributed by atoms with Gasteiger partial charge in [0.15, 0.2) is 0 Å². The van der Waals surface area contributed by atoms with E-state index in [0.29, 0.717) is 12.1 Å². The first-order valence-electron chi connectivity index (χ1n) is 8.13. The summed E-state index contributed by atoms with van der Waals surface area (Å²) in [6.07, 6.45) is 0. The Kier molecular flexibility index (Phi) is 4.14. The molecule has 24 heavy (non-hydrogen) atoms. The lowest BCUT2D eigenvalue weighted by atomic mass is 10.0. The first kappa shape index (κ1) is 16.2. The minimum Gasteiger partial charge on any atom is -0.349 e. The summed E-state index contributed by atoms with van der Waals surface area (Å²) < 4.78 is 0. The summed E-state index contributed by atoms with van der Waals surface area (Å²) in [6.45, 7) is 6.26. The van der Waals surface area contributed by atoms with Crippen LogP contribution >= 0.6 is 0 Å². The molecule has 0 spiro atoms. The smallest absolute Gasteiger partial charge is 0.255 e. The Morgan fingerprint density at radius 2 is 1.67 bits per heavy atom. The van der Waals surface area contributed by atoms with Crippen LogP contribution in [0.3, 0.4) is 0 Å². The van der Waals surface area contributed by atoms with E-state index in [1.807, 2.05) is 75.4 Å². The van der Waals surface area contributed by atoms with E-state index < -0.39 is 6.04 Å². The molecule has 0 radical (unpaired) electrons. The van der Waals surface area contributed by atoms with Crippen molar-refractivity contribution in [1.82, 2.24) is 10.2 Å². The summed E-state index contributed by atoms with van der Waals surface area (Å²) in [5.41, 5.74) is 2.11. The second kappa shape index (κ2) is 6.11. The molecule has 1 atom stereocenters. The summed E-state index contributed by atoms with van der Waals surface area (Å²) in [6, 6.07) is 16.4. The van der Waals surface area contributed by atoms with E-state index >= 15 is 0 Å². The van der Waals surface area contributed by atoms with Crippen LogP contribution in [0.5, 0.6) is 0 Å². The molecule has 0 bridgehead atoms. The quantitative estimate of drug-likeness (QED) is 0.942. The molecule has 4 heteroatoms. The number of nitrogens with one attached hydrogen (secondary N) is 1. The second-order valence-electron chi connectivity index (χ2n) is 7.14. The van der Waals surface area contributed by atoms with Crippen LogP contribution in [0.25, 0.3) is 0 Å². The predicted octanol–water partition coefficient (Wildman–Crippen LogP) is 3.30. The van der Waals surface area contributed by atoms with Gasteiger partial charge in [-0.1, -0.05) is 48.5 Å². The van der Waals surface area contributed by atoms with Gasteiger partial charge in [0.05, 0.1) is 0 Å². The van der Waals surface area contributed by atoms with Crippen LogP contribution in [0, 0.1) is 0 Å². The molecule has 2 amide bonds. The van der Waals surface area contributed by atoms with Crippen molar-refractivity contribution in [3.63, 3.8) is 0 Å².